The van der Waals surface area contributed by atoms with Crippen molar-refractivity contribution in [2.24, 2.45) is 5.92 Å². The summed E-state index contributed by atoms with van der Waals surface area (Å²) in [4.78, 5) is 12.0. The third kappa shape index (κ3) is 3.61. The number of nitrogens with one attached hydrogen (secondary N) is 1. The predicted octanol–water partition coefficient (Wildman–Crippen LogP) is 2.96. The Morgan fingerprint density at radius 1 is 1.40 bits per heavy atom. The van der Waals surface area contributed by atoms with Gasteiger partial charge in [0.2, 0.25) is 0 Å². The van der Waals surface area contributed by atoms with E-state index in [4.69, 9.17) is 4.42 Å². The molecule has 4 heteroatoms. The summed E-state index contributed by atoms with van der Waals surface area (Å²) in [6, 6.07) is 9.18. The molecule has 0 saturated carbocycles. The molecule has 0 aliphatic rings. The molecule has 0 saturated heterocycles. The first-order chi connectivity index (χ1) is 9.37. The van der Waals surface area contributed by atoms with Gasteiger partial charge in [0.25, 0.3) is 5.91 Å². The maximum absolute atomic E-state index is 12.0. The fraction of sp³-hybridized carbons (Fsp3) is 0.438. The van der Waals surface area contributed by atoms with Gasteiger partial charge < -0.3 is 14.8 Å². The maximum Gasteiger partial charge on any atom is 0.287 e. The molecule has 1 amide bonds. The highest BCUT2D eigenvalue weighted by atomic mass is 16.3. The first-order valence-corrected chi connectivity index (χ1v) is 6.86. The van der Waals surface area contributed by atoms with Crippen LogP contribution in [0.15, 0.2) is 34.7 Å². The molecule has 1 heterocycles. The Morgan fingerprint density at radius 2 is 2.10 bits per heavy atom. The molecule has 1 aromatic carbocycles. The number of carbonyl (C=O) groups is 1. The van der Waals surface area contributed by atoms with Crippen molar-refractivity contribution in [2.45, 2.75) is 32.8 Å². The third-order valence-electron chi connectivity index (χ3n) is 3.13. The van der Waals surface area contributed by atoms with Gasteiger partial charge in [-0.1, -0.05) is 32.0 Å². The van der Waals surface area contributed by atoms with Crippen LogP contribution in [0.3, 0.4) is 0 Å². The standard InChI is InChI=1S/C16H21NO3/c1-11(2)9-16(3,19)10-17-15(18)14-8-12-6-4-5-7-13(12)20-14/h4-8,11,19H,9-10H2,1-3H3,(H,17,18). The zero-order valence-electron chi connectivity index (χ0n) is 12.1. The predicted molar refractivity (Wildman–Crippen MR) is 78.6 cm³/mol. The number of aliphatic hydroxyl groups is 1. The lowest BCUT2D eigenvalue weighted by atomic mass is 9.94. The van der Waals surface area contributed by atoms with E-state index >= 15 is 0 Å². The number of furan rings is 1. The van der Waals surface area contributed by atoms with Gasteiger partial charge in [-0.3, -0.25) is 4.79 Å². The summed E-state index contributed by atoms with van der Waals surface area (Å²) in [5, 5.41) is 13.8. The molecule has 0 aliphatic heterocycles. The number of amides is 1. The highest BCUT2D eigenvalue weighted by Gasteiger charge is 2.23. The number of hydrogen-bond acceptors (Lipinski definition) is 3. The van der Waals surface area contributed by atoms with Crippen LogP contribution < -0.4 is 5.32 Å². The van der Waals surface area contributed by atoms with Crippen LogP contribution in [0.2, 0.25) is 0 Å². The van der Waals surface area contributed by atoms with Gasteiger partial charge in [-0.25, -0.2) is 0 Å². The lowest BCUT2D eigenvalue weighted by molar-refractivity contribution is 0.0364. The van der Waals surface area contributed by atoms with Crippen molar-refractivity contribution >= 4 is 16.9 Å². The average Bonchev–Trinajstić information content (AvgIpc) is 2.78. The SMILES string of the molecule is CC(C)CC(C)(O)CNC(=O)c1cc2ccccc2o1. The Bertz CT molecular complexity index is 566. The first-order valence-electron chi connectivity index (χ1n) is 6.86. The number of carbonyl (C=O) groups excluding carboxylic acids is 1. The Labute approximate surface area is 118 Å². The molecule has 0 bridgehead atoms. The van der Waals surface area contributed by atoms with Gasteiger partial charge in [-0.15, -0.1) is 0 Å². The van der Waals surface area contributed by atoms with Gasteiger partial charge >= 0.3 is 0 Å². The largest absolute Gasteiger partial charge is 0.451 e. The minimum atomic E-state index is -0.907. The minimum Gasteiger partial charge on any atom is -0.451 e. The molecule has 1 unspecified atom stereocenters. The topological polar surface area (TPSA) is 62.5 Å². The first kappa shape index (κ1) is 14.6. The third-order valence-corrected chi connectivity index (χ3v) is 3.13. The Hall–Kier alpha value is -1.81. The molecule has 1 aromatic heterocycles. The van der Waals surface area contributed by atoms with Crippen molar-refractivity contribution in [3.63, 3.8) is 0 Å². The molecule has 2 N–H and O–H groups in total. The Kier molecular flexibility index (Phi) is 4.14. The number of para-hydroxylation sites is 1. The number of benzene rings is 1. The zero-order chi connectivity index (χ0) is 14.8. The van der Waals surface area contributed by atoms with Crippen molar-refractivity contribution in [3.05, 3.63) is 36.1 Å². The number of rotatable bonds is 5. The van der Waals surface area contributed by atoms with Gasteiger partial charge in [-0.05, 0) is 31.4 Å². The van der Waals surface area contributed by atoms with E-state index in [1.54, 1.807) is 13.0 Å². The molecule has 20 heavy (non-hydrogen) atoms. The molecule has 0 spiro atoms. The lowest BCUT2D eigenvalue weighted by Crippen LogP contribution is -2.41. The second kappa shape index (κ2) is 5.67. The number of hydrogen-bond donors (Lipinski definition) is 2. The quantitative estimate of drug-likeness (QED) is 0.881. The normalized spacial score (nSPS) is 14.4. The van der Waals surface area contributed by atoms with Gasteiger partial charge in [0.05, 0.1) is 5.60 Å². The Balaban J connectivity index is 2.01. The van der Waals surface area contributed by atoms with E-state index in [-0.39, 0.29) is 18.2 Å². The fourth-order valence-corrected chi connectivity index (χ4v) is 2.40. The average molecular weight is 275 g/mol. The monoisotopic (exact) mass is 275 g/mol. The van der Waals surface area contributed by atoms with Crippen LogP contribution in [0.25, 0.3) is 11.0 Å². The zero-order valence-corrected chi connectivity index (χ0v) is 12.1. The molecule has 0 radical (unpaired) electrons. The minimum absolute atomic E-state index is 0.209. The van der Waals surface area contributed by atoms with Gasteiger partial charge in [0.1, 0.15) is 5.58 Å². The smallest absolute Gasteiger partial charge is 0.287 e. The summed E-state index contributed by atoms with van der Waals surface area (Å²) < 4.78 is 5.48. The van der Waals surface area contributed by atoms with Gasteiger partial charge in [0.15, 0.2) is 5.76 Å². The van der Waals surface area contributed by atoms with E-state index < -0.39 is 5.60 Å². The second-order valence-electron chi connectivity index (χ2n) is 5.93. The van der Waals surface area contributed by atoms with Crippen molar-refractivity contribution in [2.75, 3.05) is 6.54 Å². The Morgan fingerprint density at radius 3 is 2.75 bits per heavy atom. The van der Waals surface area contributed by atoms with E-state index in [1.165, 1.54) is 0 Å². The summed E-state index contributed by atoms with van der Waals surface area (Å²) in [5.41, 5.74) is -0.220. The molecule has 4 nitrogen and oxygen atoms in total. The van der Waals surface area contributed by atoms with Crippen LogP contribution in [-0.2, 0) is 0 Å². The van der Waals surface area contributed by atoms with E-state index in [1.807, 2.05) is 38.1 Å². The molecule has 2 rings (SSSR count). The van der Waals surface area contributed by atoms with E-state index in [0.29, 0.717) is 17.9 Å². The van der Waals surface area contributed by atoms with Crippen LogP contribution in [-0.4, -0.2) is 23.2 Å². The van der Waals surface area contributed by atoms with E-state index in [9.17, 15) is 9.90 Å². The van der Waals surface area contributed by atoms with Crippen LogP contribution >= 0.6 is 0 Å². The lowest BCUT2D eigenvalue weighted by Gasteiger charge is -2.25. The van der Waals surface area contributed by atoms with Crippen molar-refractivity contribution in [1.82, 2.24) is 5.32 Å². The van der Waals surface area contributed by atoms with Crippen LogP contribution in [0, 0.1) is 5.92 Å². The molecule has 0 fully saturated rings. The summed E-state index contributed by atoms with van der Waals surface area (Å²) in [6.07, 6.45) is 0.632. The molecular weight excluding hydrogens is 254 g/mol. The molecule has 0 aliphatic carbocycles. The van der Waals surface area contributed by atoms with Crippen LogP contribution in [0.4, 0.5) is 0 Å². The fourth-order valence-electron chi connectivity index (χ4n) is 2.40. The van der Waals surface area contributed by atoms with Crippen LogP contribution in [0.1, 0.15) is 37.7 Å². The van der Waals surface area contributed by atoms with Gasteiger partial charge in [0, 0.05) is 11.9 Å². The van der Waals surface area contributed by atoms with Crippen molar-refractivity contribution < 1.29 is 14.3 Å². The van der Waals surface area contributed by atoms with Crippen LogP contribution in [0.5, 0.6) is 0 Å². The summed E-state index contributed by atoms with van der Waals surface area (Å²) in [5.74, 6) is 0.338. The summed E-state index contributed by atoms with van der Waals surface area (Å²) in [6.45, 7) is 6.01. The van der Waals surface area contributed by atoms with Gasteiger partial charge in [-0.2, -0.15) is 0 Å². The van der Waals surface area contributed by atoms with E-state index in [0.717, 1.165) is 5.39 Å². The maximum atomic E-state index is 12.0. The second-order valence-corrected chi connectivity index (χ2v) is 5.93. The molecular formula is C16H21NO3. The van der Waals surface area contributed by atoms with E-state index in [2.05, 4.69) is 5.32 Å². The highest BCUT2D eigenvalue weighted by Crippen LogP contribution is 2.19. The molecule has 108 valence electrons. The molecule has 2 aromatic rings. The number of fused-ring (bicyclic) bond motifs is 1. The van der Waals surface area contributed by atoms with Crippen molar-refractivity contribution in [1.29, 1.82) is 0 Å². The molecule has 1 atom stereocenters. The highest BCUT2D eigenvalue weighted by molar-refractivity contribution is 5.96. The summed E-state index contributed by atoms with van der Waals surface area (Å²) >= 11 is 0. The summed E-state index contributed by atoms with van der Waals surface area (Å²) in [7, 11) is 0. The van der Waals surface area contributed by atoms with Crippen molar-refractivity contribution in [3.8, 4) is 0 Å².